The van der Waals surface area contributed by atoms with Crippen molar-refractivity contribution in [3.8, 4) is 0 Å². The molecular weight excluding hydrogens is 286 g/mol. The van der Waals surface area contributed by atoms with Crippen LogP contribution in [0.3, 0.4) is 0 Å². The number of rotatable bonds is 5. The average molecular weight is 305 g/mol. The molecule has 0 aliphatic heterocycles. The summed E-state index contributed by atoms with van der Waals surface area (Å²) >= 11 is 1.65. The molecule has 0 aliphatic carbocycles. The summed E-state index contributed by atoms with van der Waals surface area (Å²) in [6, 6.07) is 4.09. The summed E-state index contributed by atoms with van der Waals surface area (Å²) in [4.78, 5) is 23.1. The molecule has 0 amide bonds. The monoisotopic (exact) mass is 305 g/mol. The van der Waals surface area contributed by atoms with Crippen LogP contribution in [-0.2, 0) is 0 Å². The van der Waals surface area contributed by atoms with E-state index in [-0.39, 0.29) is 17.7 Å². The van der Waals surface area contributed by atoms with E-state index in [2.05, 4.69) is 9.97 Å². The summed E-state index contributed by atoms with van der Waals surface area (Å²) in [5, 5.41) is 11.4. The Labute approximate surface area is 128 Å². The summed E-state index contributed by atoms with van der Waals surface area (Å²) in [6.45, 7) is 5.92. The van der Waals surface area contributed by atoms with Crippen molar-refractivity contribution < 1.29 is 9.90 Å². The smallest absolute Gasteiger partial charge is 0.356 e. The fourth-order valence-electron chi connectivity index (χ4n) is 2.01. The van der Waals surface area contributed by atoms with Gasteiger partial charge in [-0.3, -0.25) is 0 Å². The summed E-state index contributed by atoms with van der Waals surface area (Å²) < 4.78 is 0. The third-order valence-electron chi connectivity index (χ3n) is 3.42. The Morgan fingerprint density at radius 3 is 2.62 bits per heavy atom. The van der Waals surface area contributed by atoms with Gasteiger partial charge in [-0.25, -0.2) is 14.8 Å². The Morgan fingerprint density at radius 1 is 1.38 bits per heavy atom. The number of thiophene rings is 1. The molecule has 2 heterocycles. The van der Waals surface area contributed by atoms with Gasteiger partial charge >= 0.3 is 5.97 Å². The molecule has 6 heteroatoms. The molecule has 2 aromatic heterocycles. The van der Waals surface area contributed by atoms with Gasteiger partial charge in [0.1, 0.15) is 5.82 Å². The molecule has 1 unspecified atom stereocenters. The first kappa shape index (κ1) is 15.4. The molecule has 2 aromatic rings. The van der Waals surface area contributed by atoms with Crippen molar-refractivity contribution in [3.05, 3.63) is 40.1 Å². The normalized spacial score (nSPS) is 12.4. The van der Waals surface area contributed by atoms with Crippen LogP contribution in [0, 0.1) is 0 Å². The standard InChI is InChI=1S/C15H19N3O2S/c1-9(2)14-16-8-11(13(17-14)15(19)20)18(4)10(3)12-6-5-7-21-12/h5-10H,1-4H3,(H,19,20). The van der Waals surface area contributed by atoms with Crippen LogP contribution >= 0.6 is 11.3 Å². The third-order valence-corrected chi connectivity index (χ3v) is 4.47. The van der Waals surface area contributed by atoms with E-state index in [1.807, 2.05) is 50.2 Å². The van der Waals surface area contributed by atoms with Gasteiger partial charge in [0.05, 0.1) is 17.9 Å². The molecule has 1 N–H and O–H groups in total. The van der Waals surface area contributed by atoms with Crippen molar-refractivity contribution in [1.29, 1.82) is 0 Å². The lowest BCUT2D eigenvalue weighted by molar-refractivity contribution is 0.0690. The van der Waals surface area contributed by atoms with Gasteiger partial charge in [-0.15, -0.1) is 11.3 Å². The maximum Gasteiger partial charge on any atom is 0.356 e. The molecule has 0 aromatic carbocycles. The van der Waals surface area contributed by atoms with Gasteiger partial charge in [0.2, 0.25) is 0 Å². The minimum absolute atomic E-state index is 0.0552. The van der Waals surface area contributed by atoms with E-state index in [1.54, 1.807) is 17.5 Å². The highest BCUT2D eigenvalue weighted by molar-refractivity contribution is 7.10. The number of anilines is 1. The fraction of sp³-hybridized carbons (Fsp3) is 0.400. The van der Waals surface area contributed by atoms with Crippen LogP contribution in [0.5, 0.6) is 0 Å². The number of hydrogen-bond acceptors (Lipinski definition) is 5. The highest BCUT2D eigenvalue weighted by atomic mass is 32.1. The molecule has 0 saturated heterocycles. The highest BCUT2D eigenvalue weighted by Gasteiger charge is 2.22. The van der Waals surface area contributed by atoms with Crippen molar-refractivity contribution in [1.82, 2.24) is 9.97 Å². The lowest BCUT2D eigenvalue weighted by Gasteiger charge is -2.27. The predicted octanol–water partition coefficient (Wildman–Crippen LogP) is 3.56. The SMILES string of the molecule is CC(C)c1ncc(N(C)C(C)c2cccs2)c(C(=O)O)n1. The van der Waals surface area contributed by atoms with Crippen LogP contribution in [0.25, 0.3) is 0 Å². The van der Waals surface area contributed by atoms with E-state index in [0.717, 1.165) is 0 Å². The van der Waals surface area contributed by atoms with E-state index in [4.69, 9.17) is 0 Å². The molecule has 5 nitrogen and oxygen atoms in total. The van der Waals surface area contributed by atoms with Crippen molar-refractivity contribution >= 4 is 23.0 Å². The molecular formula is C15H19N3O2S. The van der Waals surface area contributed by atoms with Gasteiger partial charge < -0.3 is 10.0 Å². The topological polar surface area (TPSA) is 66.3 Å². The zero-order chi connectivity index (χ0) is 15.6. The van der Waals surface area contributed by atoms with Gasteiger partial charge in [0.25, 0.3) is 0 Å². The quantitative estimate of drug-likeness (QED) is 0.915. The van der Waals surface area contributed by atoms with Gasteiger partial charge in [0, 0.05) is 17.8 Å². The Kier molecular flexibility index (Phi) is 4.57. The first-order valence-corrected chi connectivity index (χ1v) is 7.66. The Bertz CT molecular complexity index is 626. The van der Waals surface area contributed by atoms with E-state index < -0.39 is 5.97 Å². The van der Waals surface area contributed by atoms with Crippen LogP contribution in [0.1, 0.15) is 53.9 Å². The lowest BCUT2D eigenvalue weighted by atomic mass is 10.2. The summed E-state index contributed by atoms with van der Waals surface area (Å²) in [5.74, 6) is -0.384. The number of nitrogens with zero attached hydrogens (tertiary/aromatic N) is 3. The third kappa shape index (κ3) is 3.21. The number of aromatic nitrogens is 2. The van der Waals surface area contributed by atoms with E-state index in [1.165, 1.54) is 4.88 Å². The molecule has 0 bridgehead atoms. The van der Waals surface area contributed by atoms with Gasteiger partial charge in [-0.1, -0.05) is 19.9 Å². The fourth-order valence-corrected chi connectivity index (χ4v) is 2.84. The van der Waals surface area contributed by atoms with Crippen LogP contribution in [0.15, 0.2) is 23.7 Å². The van der Waals surface area contributed by atoms with Crippen LogP contribution in [0.2, 0.25) is 0 Å². The van der Waals surface area contributed by atoms with Gasteiger partial charge in [-0.05, 0) is 18.4 Å². The summed E-state index contributed by atoms with van der Waals surface area (Å²) in [5.41, 5.74) is 0.590. The predicted molar refractivity (Wildman–Crippen MR) is 84.2 cm³/mol. The molecule has 0 fully saturated rings. The summed E-state index contributed by atoms with van der Waals surface area (Å²) in [6.07, 6.45) is 1.61. The van der Waals surface area contributed by atoms with Crippen molar-refractivity contribution in [3.63, 3.8) is 0 Å². The molecule has 0 radical (unpaired) electrons. The van der Waals surface area contributed by atoms with E-state index >= 15 is 0 Å². The molecule has 1 atom stereocenters. The molecule has 0 saturated carbocycles. The number of aromatic carboxylic acids is 1. The zero-order valence-electron chi connectivity index (χ0n) is 12.6. The van der Waals surface area contributed by atoms with Gasteiger partial charge in [-0.2, -0.15) is 0 Å². The molecule has 2 rings (SSSR count). The zero-order valence-corrected chi connectivity index (χ0v) is 13.4. The molecule has 21 heavy (non-hydrogen) atoms. The first-order chi connectivity index (χ1) is 9.91. The number of carbonyl (C=O) groups is 1. The number of hydrogen-bond donors (Lipinski definition) is 1. The second-order valence-corrected chi connectivity index (χ2v) is 6.20. The first-order valence-electron chi connectivity index (χ1n) is 6.78. The van der Waals surface area contributed by atoms with Crippen LogP contribution in [-0.4, -0.2) is 28.1 Å². The van der Waals surface area contributed by atoms with Crippen LogP contribution in [0.4, 0.5) is 5.69 Å². The minimum atomic E-state index is -1.03. The summed E-state index contributed by atoms with van der Waals surface area (Å²) in [7, 11) is 1.87. The van der Waals surface area contributed by atoms with E-state index in [0.29, 0.717) is 11.5 Å². The Hall–Kier alpha value is -1.95. The molecule has 0 spiro atoms. The van der Waals surface area contributed by atoms with Crippen molar-refractivity contribution in [2.24, 2.45) is 0 Å². The second-order valence-electron chi connectivity index (χ2n) is 5.22. The van der Waals surface area contributed by atoms with Crippen LogP contribution < -0.4 is 4.90 Å². The van der Waals surface area contributed by atoms with E-state index in [9.17, 15) is 9.90 Å². The maximum atomic E-state index is 11.5. The Morgan fingerprint density at radius 2 is 2.10 bits per heavy atom. The van der Waals surface area contributed by atoms with Gasteiger partial charge in [0.15, 0.2) is 5.69 Å². The number of carboxylic acid groups (broad SMARTS) is 1. The maximum absolute atomic E-state index is 11.5. The Balaban J connectivity index is 2.40. The lowest BCUT2D eigenvalue weighted by Crippen LogP contribution is -2.24. The largest absolute Gasteiger partial charge is 0.476 e. The average Bonchev–Trinajstić information content (AvgIpc) is 2.99. The van der Waals surface area contributed by atoms with Crippen molar-refractivity contribution in [2.45, 2.75) is 32.7 Å². The van der Waals surface area contributed by atoms with Crippen molar-refractivity contribution in [2.75, 3.05) is 11.9 Å². The molecule has 112 valence electrons. The number of carboxylic acids is 1. The highest BCUT2D eigenvalue weighted by Crippen LogP contribution is 2.30. The molecule has 0 aliphatic rings. The second kappa shape index (κ2) is 6.22. The minimum Gasteiger partial charge on any atom is -0.476 e.